The number of carbonyl (C=O) groups excluding carboxylic acids is 2. The van der Waals surface area contributed by atoms with Crippen LogP contribution in [-0.2, 0) is 22.5 Å². The first-order chi connectivity index (χ1) is 11.0. The Labute approximate surface area is 146 Å². The summed E-state index contributed by atoms with van der Waals surface area (Å²) in [5, 5.41) is 7.41. The summed E-state index contributed by atoms with van der Waals surface area (Å²) in [6, 6.07) is 4.99. The third-order valence-corrected chi connectivity index (χ3v) is 4.24. The maximum Gasteiger partial charge on any atom is 0.352 e. The highest BCUT2D eigenvalue weighted by Crippen LogP contribution is 2.20. The molecule has 0 aliphatic rings. The van der Waals surface area contributed by atoms with Crippen LogP contribution in [0.25, 0.3) is 0 Å². The summed E-state index contributed by atoms with van der Waals surface area (Å²) in [5.41, 5.74) is 1.28. The number of aromatic nitrogens is 2. The smallest absolute Gasteiger partial charge is 0.352 e. The molecule has 2 rings (SSSR count). The summed E-state index contributed by atoms with van der Waals surface area (Å²) in [7, 11) is 0. The lowest BCUT2D eigenvalue weighted by Crippen LogP contribution is -2.28. The number of esters is 1. The summed E-state index contributed by atoms with van der Waals surface area (Å²) in [6.07, 6.45) is 0.572. The molecular formula is C14H13Cl2N3O3S. The molecule has 0 aliphatic heterocycles. The first-order valence-electron chi connectivity index (χ1n) is 6.70. The first kappa shape index (κ1) is 17.7. The molecule has 9 heteroatoms. The van der Waals surface area contributed by atoms with Gasteiger partial charge in [-0.3, -0.25) is 4.79 Å². The molecule has 0 aliphatic carbocycles. The number of benzene rings is 1. The van der Waals surface area contributed by atoms with E-state index in [1.807, 2.05) is 6.92 Å². The molecule has 0 bridgehead atoms. The minimum Gasteiger partial charge on any atom is -0.451 e. The van der Waals surface area contributed by atoms with Gasteiger partial charge in [0.1, 0.15) is 0 Å². The summed E-state index contributed by atoms with van der Waals surface area (Å²) >= 11 is 12.8. The van der Waals surface area contributed by atoms with E-state index in [2.05, 4.69) is 14.9 Å². The van der Waals surface area contributed by atoms with Crippen LogP contribution in [0, 0.1) is 0 Å². The molecule has 2 aromatic rings. The van der Waals surface area contributed by atoms with Gasteiger partial charge in [0.2, 0.25) is 0 Å². The van der Waals surface area contributed by atoms with E-state index in [9.17, 15) is 9.59 Å². The van der Waals surface area contributed by atoms with E-state index in [-0.39, 0.29) is 13.2 Å². The molecule has 1 heterocycles. The van der Waals surface area contributed by atoms with Crippen LogP contribution in [0.3, 0.4) is 0 Å². The highest BCUT2D eigenvalue weighted by atomic mass is 35.5. The van der Waals surface area contributed by atoms with Crippen LogP contribution in [0.1, 0.15) is 27.9 Å². The Morgan fingerprint density at radius 2 is 2.13 bits per heavy atom. The van der Waals surface area contributed by atoms with Gasteiger partial charge in [0.05, 0.1) is 5.69 Å². The van der Waals surface area contributed by atoms with Crippen LogP contribution >= 0.6 is 34.7 Å². The molecule has 0 saturated heterocycles. The molecule has 23 heavy (non-hydrogen) atoms. The molecule has 1 aromatic carbocycles. The lowest BCUT2D eigenvalue weighted by atomic mass is 10.2. The van der Waals surface area contributed by atoms with Crippen LogP contribution in [0.4, 0.5) is 0 Å². The zero-order valence-electron chi connectivity index (χ0n) is 12.1. The SMILES string of the molecule is CCc1nnsc1C(=O)OCC(=O)NCc1ccc(Cl)cc1Cl. The molecular weight excluding hydrogens is 361 g/mol. The Bertz CT molecular complexity index is 721. The molecule has 6 nitrogen and oxygen atoms in total. The normalized spacial score (nSPS) is 10.4. The van der Waals surface area contributed by atoms with Gasteiger partial charge in [-0.15, -0.1) is 5.10 Å². The molecule has 0 saturated carbocycles. The number of nitrogens with zero attached hydrogens (tertiary/aromatic N) is 2. The van der Waals surface area contributed by atoms with E-state index >= 15 is 0 Å². The number of rotatable bonds is 6. The van der Waals surface area contributed by atoms with E-state index in [4.69, 9.17) is 27.9 Å². The van der Waals surface area contributed by atoms with Crippen LogP contribution in [0.15, 0.2) is 18.2 Å². The molecule has 122 valence electrons. The zero-order chi connectivity index (χ0) is 16.8. The van der Waals surface area contributed by atoms with Crippen molar-refractivity contribution in [3.63, 3.8) is 0 Å². The number of hydrogen-bond acceptors (Lipinski definition) is 6. The predicted molar refractivity (Wildman–Crippen MR) is 87.9 cm³/mol. The molecule has 0 radical (unpaired) electrons. The number of amides is 1. The van der Waals surface area contributed by atoms with Crippen molar-refractivity contribution in [3.05, 3.63) is 44.4 Å². The molecule has 0 unspecified atom stereocenters. The van der Waals surface area contributed by atoms with Crippen LogP contribution in [-0.4, -0.2) is 28.1 Å². The molecule has 1 aromatic heterocycles. The van der Waals surface area contributed by atoms with Crippen molar-refractivity contribution >= 4 is 46.6 Å². The maximum atomic E-state index is 11.8. The number of halogens is 2. The van der Waals surface area contributed by atoms with Crippen LogP contribution < -0.4 is 5.32 Å². The summed E-state index contributed by atoms with van der Waals surface area (Å²) in [4.78, 5) is 23.9. The van der Waals surface area contributed by atoms with Gasteiger partial charge >= 0.3 is 5.97 Å². The Morgan fingerprint density at radius 3 is 2.83 bits per heavy atom. The fourth-order valence-electron chi connectivity index (χ4n) is 1.70. The highest BCUT2D eigenvalue weighted by Gasteiger charge is 2.17. The van der Waals surface area contributed by atoms with Crippen molar-refractivity contribution in [2.75, 3.05) is 6.61 Å². The summed E-state index contributed by atoms with van der Waals surface area (Å²) in [6.45, 7) is 1.69. The maximum absolute atomic E-state index is 11.8. The standard InChI is InChI=1S/C14H13Cl2N3O3S/c1-2-11-13(23-19-18-11)14(21)22-7-12(20)17-6-8-3-4-9(15)5-10(8)16/h3-5H,2,6-7H2,1H3,(H,17,20). The van der Waals surface area contributed by atoms with Crippen molar-refractivity contribution in [1.82, 2.24) is 14.9 Å². The minimum absolute atomic E-state index is 0.217. The van der Waals surface area contributed by atoms with Gasteiger partial charge < -0.3 is 10.1 Å². The zero-order valence-corrected chi connectivity index (χ0v) is 14.5. The molecule has 0 atom stereocenters. The third kappa shape index (κ3) is 4.89. The lowest BCUT2D eigenvalue weighted by Gasteiger charge is -2.08. The average Bonchev–Trinajstić information content (AvgIpc) is 3.00. The van der Waals surface area contributed by atoms with E-state index in [1.54, 1.807) is 18.2 Å². The summed E-state index contributed by atoms with van der Waals surface area (Å²) < 4.78 is 8.65. The number of ether oxygens (including phenoxy) is 1. The highest BCUT2D eigenvalue weighted by molar-refractivity contribution is 7.07. The Balaban J connectivity index is 1.82. The molecule has 0 fully saturated rings. The van der Waals surface area contributed by atoms with E-state index in [0.29, 0.717) is 27.0 Å². The number of aryl methyl sites for hydroxylation is 1. The quantitative estimate of drug-likeness (QED) is 0.787. The van der Waals surface area contributed by atoms with Crippen molar-refractivity contribution in [3.8, 4) is 0 Å². The first-order valence-corrected chi connectivity index (χ1v) is 8.23. The Morgan fingerprint density at radius 1 is 1.35 bits per heavy atom. The van der Waals surface area contributed by atoms with Gasteiger partial charge in [0, 0.05) is 16.6 Å². The predicted octanol–water partition coefficient (Wildman–Crippen LogP) is 2.88. The minimum atomic E-state index is -0.600. The topological polar surface area (TPSA) is 81.2 Å². The van der Waals surface area contributed by atoms with Gasteiger partial charge in [-0.1, -0.05) is 40.7 Å². The number of carbonyl (C=O) groups is 2. The second-order valence-corrected chi connectivity index (χ2v) is 6.09. The third-order valence-electron chi connectivity index (χ3n) is 2.90. The second kappa shape index (κ2) is 8.24. The van der Waals surface area contributed by atoms with E-state index in [0.717, 1.165) is 17.1 Å². The van der Waals surface area contributed by atoms with Crippen LogP contribution in [0.5, 0.6) is 0 Å². The van der Waals surface area contributed by atoms with E-state index < -0.39 is 11.9 Å². The van der Waals surface area contributed by atoms with Crippen molar-refractivity contribution in [2.45, 2.75) is 19.9 Å². The largest absolute Gasteiger partial charge is 0.451 e. The molecule has 1 N–H and O–H groups in total. The fraction of sp³-hybridized carbons (Fsp3) is 0.286. The Hall–Kier alpha value is -1.70. The summed E-state index contributed by atoms with van der Waals surface area (Å²) in [5.74, 6) is -1.03. The van der Waals surface area contributed by atoms with Gasteiger partial charge in [-0.25, -0.2) is 4.79 Å². The van der Waals surface area contributed by atoms with Crippen molar-refractivity contribution in [2.24, 2.45) is 0 Å². The number of nitrogens with one attached hydrogen (secondary N) is 1. The fourth-order valence-corrected chi connectivity index (χ4v) is 2.82. The van der Waals surface area contributed by atoms with Crippen molar-refractivity contribution in [1.29, 1.82) is 0 Å². The second-order valence-electron chi connectivity index (χ2n) is 4.49. The van der Waals surface area contributed by atoms with Gasteiger partial charge in [-0.05, 0) is 35.6 Å². The van der Waals surface area contributed by atoms with Gasteiger partial charge in [0.25, 0.3) is 5.91 Å². The van der Waals surface area contributed by atoms with E-state index in [1.165, 1.54) is 0 Å². The molecule has 0 spiro atoms. The number of hydrogen-bond donors (Lipinski definition) is 1. The average molecular weight is 374 g/mol. The van der Waals surface area contributed by atoms with Crippen molar-refractivity contribution < 1.29 is 14.3 Å². The monoisotopic (exact) mass is 373 g/mol. The van der Waals surface area contributed by atoms with Gasteiger partial charge in [-0.2, -0.15) is 0 Å². The Kier molecular flexibility index (Phi) is 6.32. The van der Waals surface area contributed by atoms with Crippen LogP contribution in [0.2, 0.25) is 10.0 Å². The molecule has 1 amide bonds. The lowest BCUT2D eigenvalue weighted by molar-refractivity contribution is -0.124. The van der Waals surface area contributed by atoms with Gasteiger partial charge in [0.15, 0.2) is 11.5 Å².